The lowest BCUT2D eigenvalue weighted by molar-refractivity contribution is 0.180. The molecule has 1 aromatic heterocycles. The highest BCUT2D eigenvalue weighted by Crippen LogP contribution is 2.36. The molecule has 1 heterocycles. The summed E-state index contributed by atoms with van der Waals surface area (Å²) in [5.74, 6) is 0.873. The van der Waals surface area contributed by atoms with Gasteiger partial charge in [0.2, 0.25) is 0 Å². The molecule has 3 rings (SSSR count). The van der Waals surface area contributed by atoms with Crippen LogP contribution in [0.2, 0.25) is 0 Å². The van der Waals surface area contributed by atoms with Crippen LogP contribution >= 0.6 is 0 Å². The minimum Gasteiger partial charge on any atom is -0.487 e. The third-order valence-corrected chi connectivity index (χ3v) is 3.76. The minimum atomic E-state index is -0.339. The van der Waals surface area contributed by atoms with Crippen molar-refractivity contribution < 1.29 is 9.84 Å². The molecule has 1 N–H and O–H groups in total. The van der Waals surface area contributed by atoms with Gasteiger partial charge in [-0.1, -0.05) is 12.1 Å². The highest BCUT2D eigenvalue weighted by atomic mass is 16.5. The Morgan fingerprint density at radius 3 is 3.00 bits per heavy atom. The van der Waals surface area contributed by atoms with E-state index in [1.54, 1.807) is 0 Å². The molecule has 4 heteroatoms. The highest BCUT2D eigenvalue weighted by Gasteiger charge is 2.23. The monoisotopic (exact) mass is 272 g/mol. The Bertz CT molecular complexity index is 604. The van der Waals surface area contributed by atoms with Crippen LogP contribution in [0.5, 0.6) is 5.75 Å². The van der Waals surface area contributed by atoms with E-state index in [0.29, 0.717) is 12.6 Å². The number of hydrogen-bond acceptors (Lipinski definition) is 3. The summed E-state index contributed by atoms with van der Waals surface area (Å²) in [7, 11) is 0. The molecule has 1 aromatic carbocycles. The molecular formula is C16H20N2O2. The second-order valence-corrected chi connectivity index (χ2v) is 5.55. The topological polar surface area (TPSA) is 47.3 Å². The maximum atomic E-state index is 9.88. The molecule has 1 atom stereocenters. The third kappa shape index (κ3) is 2.43. The average Bonchev–Trinajstić information content (AvgIpc) is 3.04. The Labute approximate surface area is 119 Å². The van der Waals surface area contributed by atoms with Gasteiger partial charge in [-0.05, 0) is 44.4 Å². The van der Waals surface area contributed by atoms with Gasteiger partial charge in [0.25, 0.3) is 0 Å². The van der Waals surface area contributed by atoms with E-state index in [1.165, 1.54) is 0 Å². The van der Waals surface area contributed by atoms with E-state index in [1.807, 2.05) is 35.1 Å². The molecule has 2 aromatic rings. The van der Waals surface area contributed by atoms with E-state index < -0.39 is 0 Å². The van der Waals surface area contributed by atoms with Crippen molar-refractivity contribution in [1.82, 2.24) is 9.78 Å². The van der Waals surface area contributed by atoms with Crippen LogP contribution in [-0.4, -0.2) is 14.9 Å². The molecule has 0 amide bonds. The van der Waals surface area contributed by atoms with Gasteiger partial charge in [-0.3, -0.25) is 4.68 Å². The first kappa shape index (κ1) is 13.2. The molecule has 1 unspecified atom stereocenters. The van der Waals surface area contributed by atoms with E-state index in [2.05, 4.69) is 18.9 Å². The lowest BCUT2D eigenvalue weighted by Crippen LogP contribution is -2.04. The summed E-state index contributed by atoms with van der Waals surface area (Å²) in [6, 6.07) is 8.23. The van der Waals surface area contributed by atoms with E-state index in [4.69, 9.17) is 4.74 Å². The van der Waals surface area contributed by atoms with Gasteiger partial charge in [0.15, 0.2) is 0 Å². The molecule has 0 bridgehead atoms. The van der Waals surface area contributed by atoms with Gasteiger partial charge in [0.1, 0.15) is 12.4 Å². The summed E-state index contributed by atoms with van der Waals surface area (Å²) in [5, 5.41) is 14.4. The summed E-state index contributed by atoms with van der Waals surface area (Å²) in [5.41, 5.74) is 3.08. The van der Waals surface area contributed by atoms with Crippen molar-refractivity contribution in [3.8, 4) is 5.75 Å². The van der Waals surface area contributed by atoms with Crippen LogP contribution in [0.3, 0.4) is 0 Å². The predicted octanol–water partition coefficient (Wildman–Crippen LogP) is 3.02. The van der Waals surface area contributed by atoms with E-state index in [-0.39, 0.29) is 6.10 Å². The molecular weight excluding hydrogens is 252 g/mol. The summed E-state index contributed by atoms with van der Waals surface area (Å²) in [6.45, 7) is 4.67. The van der Waals surface area contributed by atoms with Gasteiger partial charge in [0, 0.05) is 17.8 Å². The van der Waals surface area contributed by atoms with Gasteiger partial charge in [-0.25, -0.2) is 0 Å². The second kappa shape index (κ2) is 5.29. The summed E-state index contributed by atoms with van der Waals surface area (Å²) < 4.78 is 7.82. The zero-order chi connectivity index (χ0) is 14.1. The first-order valence-electron chi connectivity index (χ1n) is 7.12. The molecule has 20 heavy (non-hydrogen) atoms. The average molecular weight is 272 g/mol. The number of aliphatic hydroxyl groups is 1. The number of benzene rings is 1. The Hall–Kier alpha value is -1.81. The van der Waals surface area contributed by atoms with E-state index >= 15 is 0 Å². The number of aromatic nitrogens is 2. The van der Waals surface area contributed by atoms with E-state index in [0.717, 1.165) is 35.4 Å². The van der Waals surface area contributed by atoms with Crippen molar-refractivity contribution in [3.63, 3.8) is 0 Å². The van der Waals surface area contributed by atoms with Crippen LogP contribution in [0, 0.1) is 0 Å². The zero-order valence-electron chi connectivity index (χ0n) is 11.9. The number of nitrogens with zero attached hydrogens (tertiary/aromatic N) is 2. The van der Waals surface area contributed by atoms with Crippen LogP contribution < -0.4 is 4.74 Å². The molecule has 0 fully saturated rings. The zero-order valence-corrected chi connectivity index (χ0v) is 11.9. The fourth-order valence-corrected chi connectivity index (χ4v) is 2.63. The fourth-order valence-electron chi connectivity index (χ4n) is 2.63. The Morgan fingerprint density at radius 1 is 1.40 bits per heavy atom. The fraction of sp³-hybridized carbons (Fsp3) is 0.438. The third-order valence-electron chi connectivity index (χ3n) is 3.76. The molecule has 1 aliphatic carbocycles. The van der Waals surface area contributed by atoms with Crippen molar-refractivity contribution in [2.45, 2.75) is 45.4 Å². The maximum absolute atomic E-state index is 9.88. The molecule has 0 saturated carbocycles. The van der Waals surface area contributed by atoms with Crippen LogP contribution in [0.1, 0.15) is 49.2 Å². The summed E-state index contributed by atoms with van der Waals surface area (Å²) in [4.78, 5) is 0. The standard InChI is InChI=1S/C16H20N2O2/c1-11(2)18-9-8-12(17-18)10-20-16-5-3-4-13-14(16)6-7-15(13)19/h3-5,8-9,11,15,19H,6-7,10H2,1-2H3. The van der Waals surface area contributed by atoms with Gasteiger partial charge in [-0.2, -0.15) is 5.10 Å². The SMILES string of the molecule is CC(C)n1ccc(COc2cccc3c2CCC3O)n1. The van der Waals surface area contributed by atoms with Crippen LogP contribution in [0.4, 0.5) is 0 Å². The second-order valence-electron chi connectivity index (χ2n) is 5.55. The lowest BCUT2D eigenvalue weighted by Gasteiger charge is -2.10. The summed E-state index contributed by atoms with van der Waals surface area (Å²) >= 11 is 0. The number of fused-ring (bicyclic) bond motifs is 1. The first-order chi connectivity index (χ1) is 9.65. The predicted molar refractivity (Wildman–Crippen MR) is 76.7 cm³/mol. The summed E-state index contributed by atoms with van der Waals surface area (Å²) in [6.07, 6.45) is 3.31. The number of aliphatic hydroxyl groups excluding tert-OH is 1. The van der Waals surface area contributed by atoms with Crippen molar-refractivity contribution in [1.29, 1.82) is 0 Å². The molecule has 0 aliphatic heterocycles. The normalized spacial score (nSPS) is 17.5. The van der Waals surface area contributed by atoms with Crippen molar-refractivity contribution in [2.24, 2.45) is 0 Å². The van der Waals surface area contributed by atoms with Gasteiger partial charge < -0.3 is 9.84 Å². The first-order valence-corrected chi connectivity index (χ1v) is 7.12. The van der Waals surface area contributed by atoms with Crippen molar-refractivity contribution >= 4 is 0 Å². The van der Waals surface area contributed by atoms with Crippen molar-refractivity contribution in [2.75, 3.05) is 0 Å². The molecule has 0 radical (unpaired) electrons. The molecule has 0 saturated heterocycles. The molecule has 4 nitrogen and oxygen atoms in total. The Kier molecular flexibility index (Phi) is 3.49. The quantitative estimate of drug-likeness (QED) is 0.930. The number of rotatable bonds is 4. The Morgan fingerprint density at radius 2 is 2.25 bits per heavy atom. The van der Waals surface area contributed by atoms with Gasteiger partial charge >= 0.3 is 0 Å². The van der Waals surface area contributed by atoms with Crippen LogP contribution in [0.15, 0.2) is 30.5 Å². The largest absolute Gasteiger partial charge is 0.487 e. The Balaban J connectivity index is 1.73. The van der Waals surface area contributed by atoms with Crippen LogP contribution in [-0.2, 0) is 13.0 Å². The molecule has 0 spiro atoms. The van der Waals surface area contributed by atoms with E-state index in [9.17, 15) is 5.11 Å². The lowest BCUT2D eigenvalue weighted by atomic mass is 10.1. The van der Waals surface area contributed by atoms with Crippen LogP contribution in [0.25, 0.3) is 0 Å². The van der Waals surface area contributed by atoms with Gasteiger partial charge in [0.05, 0.1) is 11.8 Å². The number of ether oxygens (including phenoxy) is 1. The molecule has 1 aliphatic rings. The minimum absolute atomic E-state index is 0.339. The highest BCUT2D eigenvalue weighted by molar-refractivity contribution is 5.44. The smallest absolute Gasteiger partial charge is 0.132 e. The van der Waals surface area contributed by atoms with Gasteiger partial charge in [-0.15, -0.1) is 0 Å². The maximum Gasteiger partial charge on any atom is 0.132 e. The van der Waals surface area contributed by atoms with Crippen molar-refractivity contribution in [3.05, 3.63) is 47.3 Å². The molecule has 106 valence electrons. The number of hydrogen-bond donors (Lipinski definition) is 1.